The van der Waals surface area contributed by atoms with Crippen LogP contribution in [0.2, 0.25) is 0 Å². The SMILES string of the molecule is CC(C)CNCCOc1cnc2ccccc2c1. The molecule has 0 bridgehead atoms. The number of hydrogen-bond acceptors (Lipinski definition) is 3. The number of para-hydroxylation sites is 1. The van der Waals surface area contributed by atoms with E-state index in [1.54, 1.807) is 6.20 Å². The molecule has 0 spiro atoms. The summed E-state index contributed by atoms with van der Waals surface area (Å²) >= 11 is 0. The zero-order valence-electron chi connectivity index (χ0n) is 11.0. The molecule has 96 valence electrons. The minimum absolute atomic E-state index is 0.673. The van der Waals surface area contributed by atoms with Crippen molar-refractivity contribution in [2.75, 3.05) is 19.7 Å². The summed E-state index contributed by atoms with van der Waals surface area (Å²) in [6.07, 6.45) is 1.78. The van der Waals surface area contributed by atoms with Crippen LogP contribution in [0.15, 0.2) is 36.5 Å². The number of pyridine rings is 1. The third-order valence-electron chi connectivity index (χ3n) is 2.67. The Balaban J connectivity index is 1.84. The number of rotatable bonds is 6. The molecule has 3 heteroatoms. The van der Waals surface area contributed by atoms with Gasteiger partial charge in [0.2, 0.25) is 0 Å². The van der Waals surface area contributed by atoms with Crippen LogP contribution < -0.4 is 10.1 Å². The lowest BCUT2D eigenvalue weighted by molar-refractivity contribution is 0.310. The number of hydrogen-bond donors (Lipinski definition) is 1. The Morgan fingerprint density at radius 2 is 2.11 bits per heavy atom. The second-order valence-electron chi connectivity index (χ2n) is 4.81. The van der Waals surface area contributed by atoms with Gasteiger partial charge in [0.15, 0.2) is 0 Å². The van der Waals surface area contributed by atoms with Gasteiger partial charge in [-0.05, 0) is 24.6 Å². The third kappa shape index (κ3) is 3.70. The summed E-state index contributed by atoms with van der Waals surface area (Å²) in [5, 5.41) is 4.46. The summed E-state index contributed by atoms with van der Waals surface area (Å²) in [4.78, 5) is 4.36. The Hall–Kier alpha value is -1.61. The number of benzene rings is 1. The molecule has 1 heterocycles. The van der Waals surface area contributed by atoms with Crippen molar-refractivity contribution in [3.63, 3.8) is 0 Å². The van der Waals surface area contributed by atoms with E-state index in [-0.39, 0.29) is 0 Å². The van der Waals surface area contributed by atoms with E-state index in [0.717, 1.165) is 29.7 Å². The molecule has 3 nitrogen and oxygen atoms in total. The van der Waals surface area contributed by atoms with Crippen LogP contribution in [0.3, 0.4) is 0 Å². The summed E-state index contributed by atoms with van der Waals surface area (Å²) in [6, 6.07) is 10.1. The molecule has 0 aliphatic carbocycles. The maximum atomic E-state index is 5.67. The van der Waals surface area contributed by atoms with E-state index in [1.165, 1.54) is 0 Å². The largest absolute Gasteiger partial charge is 0.491 e. The molecule has 0 saturated carbocycles. The molecule has 0 fully saturated rings. The fourth-order valence-corrected chi connectivity index (χ4v) is 1.76. The second-order valence-corrected chi connectivity index (χ2v) is 4.81. The number of ether oxygens (including phenoxy) is 1. The first kappa shape index (κ1) is 12.8. The van der Waals surface area contributed by atoms with E-state index in [4.69, 9.17) is 4.74 Å². The molecule has 0 unspecified atom stereocenters. The minimum atomic E-state index is 0.673. The van der Waals surface area contributed by atoms with Crippen LogP contribution in [-0.2, 0) is 0 Å². The molecule has 1 aromatic carbocycles. The lowest BCUT2D eigenvalue weighted by Gasteiger charge is -2.09. The quantitative estimate of drug-likeness (QED) is 0.793. The van der Waals surface area contributed by atoms with Gasteiger partial charge in [0.05, 0.1) is 11.7 Å². The molecule has 1 N–H and O–H groups in total. The van der Waals surface area contributed by atoms with Crippen molar-refractivity contribution >= 4 is 10.9 Å². The molecular weight excluding hydrogens is 224 g/mol. The lowest BCUT2D eigenvalue weighted by atomic mass is 10.2. The number of fused-ring (bicyclic) bond motifs is 1. The lowest BCUT2D eigenvalue weighted by Crippen LogP contribution is -2.24. The highest BCUT2D eigenvalue weighted by Gasteiger charge is 1.98. The van der Waals surface area contributed by atoms with Crippen LogP contribution in [0, 0.1) is 5.92 Å². The highest BCUT2D eigenvalue weighted by Crippen LogP contribution is 2.17. The first-order valence-electron chi connectivity index (χ1n) is 6.44. The van der Waals surface area contributed by atoms with Gasteiger partial charge in [-0.15, -0.1) is 0 Å². The van der Waals surface area contributed by atoms with Crippen molar-refractivity contribution < 1.29 is 4.74 Å². The molecule has 0 aliphatic rings. The van der Waals surface area contributed by atoms with Crippen molar-refractivity contribution in [2.45, 2.75) is 13.8 Å². The molecule has 0 saturated heterocycles. The molecule has 18 heavy (non-hydrogen) atoms. The summed E-state index contributed by atoms with van der Waals surface area (Å²) in [6.45, 7) is 6.96. The van der Waals surface area contributed by atoms with Crippen LogP contribution in [0.5, 0.6) is 5.75 Å². The first-order chi connectivity index (χ1) is 8.75. The Kier molecular flexibility index (Phi) is 4.53. The predicted octanol–water partition coefficient (Wildman–Crippen LogP) is 2.86. The van der Waals surface area contributed by atoms with E-state index < -0.39 is 0 Å². The zero-order chi connectivity index (χ0) is 12.8. The van der Waals surface area contributed by atoms with Crippen LogP contribution in [0.1, 0.15) is 13.8 Å². The molecule has 1 aromatic heterocycles. The summed E-state index contributed by atoms with van der Waals surface area (Å²) in [7, 11) is 0. The monoisotopic (exact) mass is 244 g/mol. The summed E-state index contributed by atoms with van der Waals surface area (Å²) in [5.74, 6) is 1.51. The Labute approximate surface area is 108 Å². The fraction of sp³-hybridized carbons (Fsp3) is 0.400. The Bertz CT molecular complexity index is 497. The van der Waals surface area contributed by atoms with Gasteiger partial charge in [0.1, 0.15) is 12.4 Å². The van der Waals surface area contributed by atoms with Gasteiger partial charge in [0, 0.05) is 11.9 Å². The average Bonchev–Trinajstić information content (AvgIpc) is 2.38. The number of aromatic nitrogens is 1. The van der Waals surface area contributed by atoms with Crippen molar-refractivity contribution in [3.05, 3.63) is 36.5 Å². The van der Waals surface area contributed by atoms with E-state index in [2.05, 4.69) is 24.1 Å². The van der Waals surface area contributed by atoms with E-state index in [1.807, 2.05) is 30.3 Å². The Morgan fingerprint density at radius 3 is 2.94 bits per heavy atom. The van der Waals surface area contributed by atoms with Gasteiger partial charge in [-0.2, -0.15) is 0 Å². The highest BCUT2D eigenvalue weighted by molar-refractivity contribution is 5.79. The van der Waals surface area contributed by atoms with Gasteiger partial charge in [-0.1, -0.05) is 32.0 Å². The third-order valence-corrected chi connectivity index (χ3v) is 2.67. The predicted molar refractivity (Wildman–Crippen MR) is 74.9 cm³/mol. The maximum Gasteiger partial charge on any atom is 0.138 e. The van der Waals surface area contributed by atoms with Gasteiger partial charge in [0.25, 0.3) is 0 Å². The number of nitrogens with one attached hydrogen (secondary N) is 1. The highest BCUT2D eigenvalue weighted by atomic mass is 16.5. The van der Waals surface area contributed by atoms with Gasteiger partial charge < -0.3 is 10.1 Å². The van der Waals surface area contributed by atoms with Crippen molar-refractivity contribution in [2.24, 2.45) is 5.92 Å². The molecule has 0 amide bonds. The molecule has 2 aromatic rings. The topological polar surface area (TPSA) is 34.1 Å². The first-order valence-corrected chi connectivity index (χ1v) is 6.44. The minimum Gasteiger partial charge on any atom is -0.491 e. The van der Waals surface area contributed by atoms with Gasteiger partial charge in [-0.25, -0.2) is 0 Å². The molecular formula is C15H20N2O. The summed E-state index contributed by atoms with van der Waals surface area (Å²) in [5.41, 5.74) is 1.00. The number of nitrogens with zero attached hydrogens (tertiary/aromatic N) is 1. The zero-order valence-corrected chi connectivity index (χ0v) is 11.0. The maximum absolute atomic E-state index is 5.67. The molecule has 2 rings (SSSR count). The Morgan fingerprint density at radius 1 is 1.28 bits per heavy atom. The van der Waals surface area contributed by atoms with E-state index in [0.29, 0.717) is 12.5 Å². The van der Waals surface area contributed by atoms with Crippen LogP contribution in [0.4, 0.5) is 0 Å². The molecule has 0 aliphatic heterocycles. The van der Waals surface area contributed by atoms with Crippen molar-refractivity contribution in [1.29, 1.82) is 0 Å². The van der Waals surface area contributed by atoms with E-state index >= 15 is 0 Å². The van der Waals surface area contributed by atoms with Crippen molar-refractivity contribution in [1.82, 2.24) is 10.3 Å². The average molecular weight is 244 g/mol. The van der Waals surface area contributed by atoms with Crippen LogP contribution in [0.25, 0.3) is 10.9 Å². The smallest absolute Gasteiger partial charge is 0.138 e. The molecule has 0 atom stereocenters. The van der Waals surface area contributed by atoms with Gasteiger partial charge in [-0.3, -0.25) is 4.98 Å². The van der Waals surface area contributed by atoms with Crippen LogP contribution in [-0.4, -0.2) is 24.7 Å². The molecule has 0 radical (unpaired) electrons. The fourth-order valence-electron chi connectivity index (χ4n) is 1.76. The van der Waals surface area contributed by atoms with Gasteiger partial charge >= 0.3 is 0 Å². The second kappa shape index (κ2) is 6.36. The van der Waals surface area contributed by atoms with Crippen molar-refractivity contribution in [3.8, 4) is 5.75 Å². The summed E-state index contributed by atoms with van der Waals surface area (Å²) < 4.78 is 5.67. The standard InChI is InChI=1S/C15H20N2O/c1-12(2)10-16-7-8-18-14-9-13-5-3-4-6-15(13)17-11-14/h3-6,9,11-12,16H,7-8,10H2,1-2H3. The van der Waals surface area contributed by atoms with E-state index in [9.17, 15) is 0 Å². The van der Waals surface area contributed by atoms with Crippen LogP contribution >= 0.6 is 0 Å². The normalized spacial score (nSPS) is 11.1.